The van der Waals surface area contributed by atoms with Crippen LogP contribution in [0.15, 0.2) is 46.9 Å². The number of rotatable bonds is 9. The number of nitrogens with one attached hydrogen (secondary N) is 1. The van der Waals surface area contributed by atoms with Gasteiger partial charge in [-0.3, -0.25) is 0 Å². The molecule has 108 valence electrons. The Morgan fingerprint density at radius 1 is 1.05 bits per heavy atom. The Morgan fingerprint density at radius 2 is 1.90 bits per heavy atom. The van der Waals surface area contributed by atoms with E-state index in [0.717, 1.165) is 44.1 Å². The smallest absolute Gasteiger partial charge is 0.117 e. The maximum absolute atomic E-state index is 5.64. The summed E-state index contributed by atoms with van der Waals surface area (Å²) < 4.78 is 11.1. The monoisotopic (exact) mass is 273 g/mol. The molecular weight excluding hydrogens is 250 g/mol. The van der Waals surface area contributed by atoms with Crippen molar-refractivity contribution in [1.29, 1.82) is 0 Å². The Kier molecular flexibility index (Phi) is 6.35. The summed E-state index contributed by atoms with van der Waals surface area (Å²) in [5.74, 6) is 1.97. The Labute approximate surface area is 121 Å². The molecule has 1 aromatic heterocycles. The van der Waals surface area contributed by atoms with E-state index in [4.69, 9.17) is 9.15 Å². The van der Waals surface area contributed by atoms with E-state index in [1.54, 1.807) is 0 Å². The number of hydrogen-bond donors (Lipinski definition) is 1. The molecule has 0 aliphatic heterocycles. The fraction of sp³-hybridized carbons (Fsp3) is 0.412. The van der Waals surface area contributed by atoms with E-state index in [9.17, 15) is 0 Å². The van der Waals surface area contributed by atoms with Crippen molar-refractivity contribution < 1.29 is 9.15 Å². The van der Waals surface area contributed by atoms with Gasteiger partial charge in [0.05, 0.1) is 13.2 Å². The van der Waals surface area contributed by atoms with Crippen LogP contribution in [0.4, 0.5) is 0 Å². The first-order valence-electron chi connectivity index (χ1n) is 7.22. The summed E-state index contributed by atoms with van der Waals surface area (Å²) >= 11 is 0. The van der Waals surface area contributed by atoms with Crippen LogP contribution in [-0.4, -0.2) is 13.2 Å². The number of furan rings is 1. The van der Waals surface area contributed by atoms with Crippen LogP contribution in [-0.2, 0) is 17.9 Å². The zero-order valence-electron chi connectivity index (χ0n) is 12.1. The van der Waals surface area contributed by atoms with E-state index in [-0.39, 0.29) is 0 Å². The van der Waals surface area contributed by atoms with Crippen LogP contribution < -0.4 is 5.32 Å². The molecule has 0 amide bonds. The quantitative estimate of drug-likeness (QED) is 0.708. The van der Waals surface area contributed by atoms with Gasteiger partial charge in [0.2, 0.25) is 0 Å². The van der Waals surface area contributed by atoms with E-state index in [2.05, 4.69) is 17.4 Å². The molecule has 0 bridgehead atoms. The first-order chi connectivity index (χ1) is 9.84. The molecule has 0 atom stereocenters. The van der Waals surface area contributed by atoms with Crippen molar-refractivity contribution in [2.24, 2.45) is 0 Å². The second-order valence-electron chi connectivity index (χ2n) is 4.93. The molecule has 0 unspecified atom stereocenters. The second-order valence-corrected chi connectivity index (χ2v) is 4.93. The van der Waals surface area contributed by atoms with Crippen molar-refractivity contribution in [1.82, 2.24) is 5.32 Å². The van der Waals surface area contributed by atoms with Crippen LogP contribution in [0.1, 0.15) is 29.9 Å². The standard InChI is InChI=1S/C17H23NO2/c1-15-9-10-17(20-15)13-18-11-5-6-12-19-14-16-7-3-2-4-8-16/h2-4,7-10,18H,5-6,11-14H2,1H3. The summed E-state index contributed by atoms with van der Waals surface area (Å²) in [6, 6.07) is 14.3. The minimum atomic E-state index is 0.708. The van der Waals surface area contributed by atoms with Gasteiger partial charge in [0.1, 0.15) is 11.5 Å². The van der Waals surface area contributed by atoms with E-state index < -0.39 is 0 Å². The molecular formula is C17H23NO2. The molecule has 0 saturated heterocycles. The normalized spacial score (nSPS) is 10.8. The largest absolute Gasteiger partial charge is 0.465 e. The average Bonchev–Trinajstić information content (AvgIpc) is 2.88. The highest BCUT2D eigenvalue weighted by molar-refractivity contribution is 5.13. The Morgan fingerprint density at radius 3 is 2.65 bits per heavy atom. The number of unbranched alkanes of at least 4 members (excludes halogenated alkanes) is 1. The van der Waals surface area contributed by atoms with Crippen LogP contribution in [0, 0.1) is 6.92 Å². The van der Waals surface area contributed by atoms with E-state index in [0.29, 0.717) is 6.61 Å². The van der Waals surface area contributed by atoms with Gasteiger partial charge < -0.3 is 14.5 Å². The maximum atomic E-state index is 5.64. The number of benzene rings is 1. The lowest BCUT2D eigenvalue weighted by Crippen LogP contribution is -2.14. The van der Waals surface area contributed by atoms with E-state index in [1.807, 2.05) is 37.3 Å². The molecule has 1 heterocycles. The summed E-state index contributed by atoms with van der Waals surface area (Å²) in [5.41, 5.74) is 1.24. The molecule has 0 saturated carbocycles. The highest BCUT2D eigenvalue weighted by Crippen LogP contribution is 2.05. The van der Waals surface area contributed by atoms with E-state index in [1.165, 1.54) is 5.56 Å². The summed E-state index contributed by atoms with van der Waals surface area (Å²) in [6.07, 6.45) is 2.20. The molecule has 0 aliphatic carbocycles. The molecule has 2 rings (SSSR count). The third-order valence-corrected chi connectivity index (χ3v) is 3.10. The fourth-order valence-electron chi connectivity index (χ4n) is 2.01. The summed E-state index contributed by atoms with van der Waals surface area (Å²) in [4.78, 5) is 0. The predicted octanol–water partition coefficient (Wildman–Crippen LogP) is 3.67. The first-order valence-corrected chi connectivity index (χ1v) is 7.22. The molecule has 0 radical (unpaired) electrons. The third kappa shape index (κ3) is 5.59. The Hall–Kier alpha value is -1.58. The summed E-state index contributed by atoms with van der Waals surface area (Å²) in [7, 11) is 0. The maximum Gasteiger partial charge on any atom is 0.117 e. The lowest BCUT2D eigenvalue weighted by atomic mass is 10.2. The zero-order valence-corrected chi connectivity index (χ0v) is 12.1. The van der Waals surface area contributed by atoms with Crippen molar-refractivity contribution in [3.05, 3.63) is 59.5 Å². The lowest BCUT2D eigenvalue weighted by Gasteiger charge is -2.05. The van der Waals surface area contributed by atoms with Crippen molar-refractivity contribution in [2.75, 3.05) is 13.2 Å². The van der Waals surface area contributed by atoms with Crippen molar-refractivity contribution in [3.8, 4) is 0 Å². The molecule has 0 aliphatic rings. The van der Waals surface area contributed by atoms with Gasteiger partial charge in [-0.05, 0) is 44.0 Å². The molecule has 1 aromatic carbocycles. The second kappa shape index (κ2) is 8.56. The van der Waals surface area contributed by atoms with E-state index >= 15 is 0 Å². The van der Waals surface area contributed by atoms with Gasteiger partial charge in [-0.25, -0.2) is 0 Å². The number of aryl methyl sites for hydroxylation is 1. The van der Waals surface area contributed by atoms with Crippen LogP contribution >= 0.6 is 0 Å². The fourth-order valence-corrected chi connectivity index (χ4v) is 2.01. The number of hydrogen-bond acceptors (Lipinski definition) is 3. The minimum absolute atomic E-state index is 0.708. The average molecular weight is 273 g/mol. The van der Waals surface area contributed by atoms with Gasteiger partial charge in [0.15, 0.2) is 0 Å². The lowest BCUT2D eigenvalue weighted by molar-refractivity contribution is 0.117. The van der Waals surface area contributed by atoms with Gasteiger partial charge in [-0.1, -0.05) is 30.3 Å². The van der Waals surface area contributed by atoms with Gasteiger partial charge in [-0.15, -0.1) is 0 Å². The van der Waals surface area contributed by atoms with Crippen molar-refractivity contribution >= 4 is 0 Å². The summed E-state index contributed by atoms with van der Waals surface area (Å²) in [5, 5.41) is 3.37. The van der Waals surface area contributed by atoms with Crippen molar-refractivity contribution in [3.63, 3.8) is 0 Å². The van der Waals surface area contributed by atoms with Gasteiger partial charge in [0, 0.05) is 6.61 Å². The molecule has 0 fully saturated rings. The highest BCUT2D eigenvalue weighted by atomic mass is 16.5. The minimum Gasteiger partial charge on any atom is -0.465 e. The van der Waals surface area contributed by atoms with Crippen LogP contribution in [0.3, 0.4) is 0 Å². The SMILES string of the molecule is Cc1ccc(CNCCCCOCc2ccccc2)o1. The third-order valence-electron chi connectivity index (χ3n) is 3.10. The zero-order chi connectivity index (χ0) is 14.0. The number of ether oxygens (including phenoxy) is 1. The molecule has 3 nitrogen and oxygen atoms in total. The molecule has 20 heavy (non-hydrogen) atoms. The van der Waals surface area contributed by atoms with Crippen LogP contribution in [0.2, 0.25) is 0 Å². The molecule has 2 aromatic rings. The molecule has 1 N–H and O–H groups in total. The topological polar surface area (TPSA) is 34.4 Å². The predicted molar refractivity (Wildman–Crippen MR) is 80.5 cm³/mol. The van der Waals surface area contributed by atoms with Crippen LogP contribution in [0.5, 0.6) is 0 Å². The van der Waals surface area contributed by atoms with Crippen molar-refractivity contribution in [2.45, 2.75) is 32.9 Å². The summed E-state index contributed by atoms with van der Waals surface area (Å²) in [6.45, 7) is 5.29. The molecule has 0 spiro atoms. The Bertz CT molecular complexity index is 479. The van der Waals surface area contributed by atoms with Crippen LogP contribution in [0.25, 0.3) is 0 Å². The van der Waals surface area contributed by atoms with Gasteiger partial charge >= 0.3 is 0 Å². The first kappa shape index (κ1) is 14.8. The van der Waals surface area contributed by atoms with Gasteiger partial charge in [-0.2, -0.15) is 0 Å². The Balaban J connectivity index is 1.44. The van der Waals surface area contributed by atoms with Gasteiger partial charge in [0.25, 0.3) is 0 Å². The highest BCUT2D eigenvalue weighted by Gasteiger charge is 1.97. The molecule has 3 heteroatoms.